The highest BCUT2D eigenvalue weighted by atomic mass is 32.2. The Morgan fingerprint density at radius 3 is 2.54 bits per heavy atom. The third kappa shape index (κ3) is 3.83. The number of aryl methyl sites for hydroxylation is 1. The van der Waals surface area contributed by atoms with E-state index in [-0.39, 0.29) is 29.7 Å². The average molecular weight is 378 g/mol. The normalized spacial score (nSPS) is 13.5. The second-order valence-electron chi connectivity index (χ2n) is 5.73. The number of carbonyl (C=O) groups is 2. The molecule has 0 aliphatic carbocycles. The monoisotopic (exact) mass is 378 g/mol. The topological polar surface area (TPSA) is 102 Å². The van der Waals surface area contributed by atoms with Crippen LogP contribution >= 0.6 is 0 Å². The number of anilines is 2. The molecule has 0 unspecified atom stereocenters. The summed E-state index contributed by atoms with van der Waals surface area (Å²) in [4.78, 5) is 21.7. The molecule has 0 aromatic heterocycles. The Morgan fingerprint density at radius 1 is 1.19 bits per heavy atom. The highest BCUT2D eigenvalue weighted by molar-refractivity contribution is 7.87. The van der Waals surface area contributed by atoms with E-state index in [9.17, 15) is 22.4 Å². The van der Waals surface area contributed by atoms with Crippen LogP contribution in [-0.2, 0) is 26.1 Å². The van der Waals surface area contributed by atoms with Gasteiger partial charge in [0.2, 0.25) is 11.8 Å². The van der Waals surface area contributed by atoms with Gasteiger partial charge in [-0.15, -0.1) is 0 Å². The number of halogens is 1. The molecule has 0 fully saturated rings. The molecule has 26 heavy (non-hydrogen) atoms. The molecular formula is C17H15FN2O5S. The first-order valence-corrected chi connectivity index (χ1v) is 9.10. The number of fused-ring (bicyclic) bond motifs is 1. The van der Waals surface area contributed by atoms with E-state index in [1.165, 1.54) is 37.3 Å². The summed E-state index contributed by atoms with van der Waals surface area (Å²) < 4.78 is 44.1. The fourth-order valence-corrected chi connectivity index (χ4v) is 3.58. The molecule has 0 saturated heterocycles. The Morgan fingerprint density at radius 2 is 1.88 bits per heavy atom. The number of carbonyl (C=O) groups excluding carboxylic acids is 2. The van der Waals surface area contributed by atoms with Crippen molar-refractivity contribution in [3.63, 3.8) is 0 Å². The van der Waals surface area contributed by atoms with E-state index < -0.39 is 20.8 Å². The number of nitrogens with one attached hydrogen (secondary N) is 2. The fourth-order valence-electron chi connectivity index (χ4n) is 2.54. The second kappa shape index (κ2) is 6.75. The predicted molar refractivity (Wildman–Crippen MR) is 91.9 cm³/mol. The van der Waals surface area contributed by atoms with Gasteiger partial charge in [-0.3, -0.25) is 9.59 Å². The molecule has 0 radical (unpaired) electrons. The highest BCUT2D eigenvalue weighted by Crippen LogP contribution is 2.30. The zero-order valence-electron chi connectivity index (χ0n) is 13.7. The minimum atomic E-state index is -4.40. The van der Waals surface area contributed by atoms with Crippen LogP contribution in [0.1, 0.15) is 18.9 Å². The van der Waals surface area contributed by atoms with Gasteiger partial charge in [0.1, 0.15) is 16.5 Å². The molecule has 3 rings (SSSR count). The van der Waals surface area contributed by atoms with E-state index in [4.69, 9.17) is 4.18 Å². The van der Waals surface area contributed by atoms with Crippen LogP contribution in [0.15, 0.2) is 41.3 Å². The first kappa shape index (κ1) is 17.9. The van der Waals surface area contributed by atoms with E-state index in [2.05, 4.69) is 10.6 Å². The quantitative estimate of drug-likeness (QED) is 0.796. The van der Waals surface area contributed by atoms with Crippen molar-refractivity contribution in [3.8, 4) is 5.75 Å². The molecule has 1 aliphatic heterocycles. The molecule has 0 atom stereocenters. The smallest absolute Gasteiger partial charge is 0.342 e. The fraction of sp³-hybridized carbons (Fsp3) is 0.176. The van der Waals surface area contributed by atoms with Gasteiger partial charge in [0, 0.05) is 24.7 Å². The molecular weight excluding hydrogens is 363 g/mol. The Labute approximate surface area is 149 Å². The van der Waals surface area contributed by atoms with Crippen molar-refractivity contribution in [2.75, 3.05) is 10.6 Å². The van der Waals surface area contributed by atoms with E-state index in [0.717, 1.165) is 6.07 Å². The van der Waals surface area contributed by atoms with Crippen LogP contribution < -0.4 is 14.8 Å². The van der Waals surface area contributed by atoms with Gasteiger partial charge in [0.15, 0.2) is 0 Å². The minimum absolute atomic E-state index is 0.0236. The lowest BCUT2D eigenvalue weighted by molar-refractivity contribution is -0.116. The lowest BCUT2D eigenvalue weighted by Gasteiger charge is -2.18. The van der Waals surface area contributed by atoms with Crippen LogP contribution in [0.4, 0.5) is 15.8 Å². The molecule has 136 valence electrons. The first-order chi connectivity index (χ1) is 12.2. The maximum absolute atomic E-state index is 14.3. The van der Waals surface area contributed by atoms with Gasteiger partial charge in [0.05, 0.1) is 0 Å². The maximum atomic E-state index is 14.3. The summed E-state index contributed by atoms with van der Waals surface area (Å²) in [6, 6.07) is 7.77. The maximum Gasteiger partial charge on any atom is 0.342 e. The van der Waals surface area contributed by atoms with Crippen molar-refractivity contribution in [1.82, 2.24) is 0 Å². The van der Waals surface area contributed by atoms with Crippen LogP contribution in [0.25, 0.3) is 0 Å². The van der Waals surface area contributed by atoms with Gasteiger partial charge < -0.3 is 14.8 Å². The van der Waals surface area contributed by atoms with Gasteiger partial charge in [-0.05, 0) is 48.4 Å². The van der Waals surface area contributed by atoms with Crippen molar-refractivity contribution >= 4 is 33.3 Å². The van der Waals surface area contributed by atoms with E-state index in [0.29, 0.717) is 17.7 Å². The van der Waals surface area contributed by atoms with Crippen LogP contribution in [0.5, 0.6) is 5.75 Å². The van der Waals surface area contributed by atoms with Crippen LogP contribution in [0.3, 0.4) is 0 Å². The summed E-state index contributed by atoms with van der Waals surface area (Å²) in [6.45, 7) is 1.34. The summed E-state index contributed by atoms with van der Waals surface area (Å²) >= 11 is 0. The van der Waals surface area contributed by atoms with Gasteiger partial charge >= 0.3 is 10.1 Å². The van der Waals surface area contributed by atoms with Gasteiger partial charge in [-0.1, -0.05) is 0 Å². The summed E-state index contributed by atoms with van der Waals surface area (Å²) in [5.41, 5.74) is 1.25. The summed E-state index contributed by atoms with van der Waals surface area (Å²) in [6.07, 6.45) is 0.513. The zero-order chi connectivity index (χ0) is 18.9. The second-order valence-corrected chi connectivity index (χ2v) is 7.25. The molecule has 7 nitrogen and oxygen atoms in total. The molecule has 1 aliphatic rings. The molecule has 2 aromatic carbocycles. The third-order valence-electron chi connectivity index (χ3n) is 3.70. The van der Waals surface area contributed by atoms with Crippen molar-refractivity contribution in [2.45, 2.75) is 24.7 Å². The summed E-state index contributed by atoms with van der Waals surface area (Å²) in [5, 5.41) is 5.04. The van der Waals surface area contributed by atoms with Crippen molar-refractivity contribution in [1.29, 1.82) is 0 Å². The Bertz CT molecular complexity index is 987. The molecule has 2 N–H and O–H groups in total. The minimum Gasteiger partial charge on any atom is -0.379 e. The Kier molecular flexibility index (Phi) is 4.64. The standard InChI is InChI=1S/C17H15FN2O5S/c1-10(21)19-12-3-5-13(6-4-12)25-26(23,24)16-8-11-2-7-17(22)20-15(11)9-14(16)18/h3-6,8-9H,2,7H2,1H3,(H,19,21)(H,20,22). The van der Waals surface area contributed by atoms with Gasteiger partial charge in [-0.2, -0.15) is 8.42 Å². The van der Waals surface area contributed by atoms with Crippen molar-refractivity contribution in [3.05, 3.63) is 47.8 Å². The molecule has 0 bridgehead atoms. The van der Waals surface area contributed by atoms with Crippen LogP contribution in [-0.4, -0.2) is 20.2 Å². The largest absolute Gasteiger partial charge is 0.379 e. The highest BCUT2D eigenvalue weighted by Gasteiger charge is 2.26. The number of rotatable bonds is 4. The summed E-state index contributed by atoms with van der Waals surface area (Å²) in [7, 11) is -4.40. The van der Waals surface area contributed by atoms with Gasteiger partial charge in [-0.25, -0.2) is 4.39 Å². The first-order valence-electron chi connectivity index (χ1n) is 7.69. The van der Waals surface area contributed by atoms with Crippen molar-refractivity contribution < 1.29 is 26.6 Å². The predicted octanol–water partition coefficient (Wildman–Crippen LogP) is 2.44. The van der Waals surface area contributed by atoms with Crippen LogP contribution in [0.2, 0.25) is 0 Å². The summed E-state index contributed by atoms with van der Waals surface area (Å²) in [5.74, 6) is -1.55. The molecule has 0 spiro atoms. The molecule has 2 amide bonds. The molecule has 2 aromatic rings. The molecule has 9 heteroatoms. The number of amides is 2. The van der Waals surface area contributed by atoms with Crippen LogP contribution in [0, 0.1) is 5.82 Å². The number of hydrogen-bond acceptors (Lipinski definition) is 5. The average Bonchev–Trinajstić information content (AvgIpc) is 2.55. The van der Waals surface area contributed by atoms with Crippen molar-refractivity contribution in [2.24, 2.45) is 0 Å². The Hall–Kier alpha value is -2.94. The van der Waals surface area contributed by atoms with E-state index >= 15 is 0 Å². The Balaban J connectivity index is 1.86. The van der Waals surface area contributed by atoms with Gasteiger partial charge in [0.25, 0.3) is 0 Å². The van der Waals surface area contributed by atoms with E-state index in [1.807, 2.05) is 0 Å². The number of benzene rings is 2. The third-order valence-corrected chi connectivity index (χ3v) is 4.97. The number of hydrogen-bond donors (Lipinski definition) is 2. The molecule has 1 heterocycles. The molecule has 0 saturated carbocycles. The SMILES string of the molecule is CC(=O)Nc1ccc(OS(=O)(=O)c2cc3c(cc2F)NC(=O)CC3)cc1. The lowest BCUT2D eigenvalue weighted by Crippen LogP contribution is -2.20. The van der Waals surface area contributed by atoms with E-state index in [1.54, 1.807) is 0 Å². The lowest BCUT2D eigenvalue weighted by atomic mass is 10.0. The zero-order valence-corrected chi connectivity index (χ0v) is 14.5.